The van der Waals surface area contributed by atoms with Gasteiger partial charge in [-0.2, -0.15) is 0 Å². The quantitative estimate of drug-likeness (QED) is 0.913. The van der Waals surface area contributed by atoms with Crippen molar-refractivity contribution >= 4 is 21.6 Å². The number of rotatable bonds is 3. The minimum Gasteiger partial charge on any atom is -0.382 e. The number of aryl methyl sites for hydroxylation is 1. The lowest BCUT2D eigenvalue weighted by atomic mass is 10.0. The minimum absolute atomic E-state index is 0.200. The zero-order valence-electron chi connectivity index (χ0n) is 11.0. The summed E-state index contributed by atoms with van der Waals surface area (Å²) in [7, 11) is 0. The SMILES string of the molecule is CCN1CCC(Nc2cc(F)c(Br)cc2C)CC1. The van der Waals surface area contributed by atoms with Gasteiger partial charge in [0.1, 0.15) is 5.82 Å². The molecule has 0 saturated carbocycles. The summed E-state index contributed by atoms with van der Waals surface area (Å²) in [6.07, 6.45) is 2.26. The van der Waals surface area contributed by atoms with Gasteiger partial charge in [-0.15, -0.1) is 0 Å². The van der Waals surface area contributed by atoms with Crippen molar-refractivity contribution in [3.05, 3.63) is 28.0 Å². The van der Waals surface area contributed by atoms with Crippen LogP contribution in [0.3, 0.4) is 0 Å². The summed E-state index contributed by atoms with van der Waals surface area (Å²) in [6, 6.07) is 3.89. The zero-order valence-corrected chi connectivity index (χ0v) is 12.6. The standard InChI is InChI=1S/C14H20BrFN2/c1-3-18-6-4-11(5-7-18)17-14-9-13(16)12(15)8-10(14)2/h8-9,11,17H,3-7H2,1-2H3. The molecule has 1 fully saturated rings. The number of anilines is 1. The molecule has 0 spiro atoms. The monoisotopic (exact) mass is 314 g/mol. The van der Waals surface area contributed by atoms with E-state index in [0.29, 0.717) is 10.5 Å². The van der Waals surface area contributed by atoms with E-state index < -0.39 is 0 Å². The van der Waals surface area contributed by atoms with E-state index in [0.717, 1.165) is 43.7 Å². The van der Waals surface area contributed by atoms with Crippen LogP contribution in [0, 0.1) is 12.7 Å². The van der Waals surface area contributed by atoms with E-state index in [1.165, 1.54) is 0 Å². The lowest BCUT2D eigenvalue weighted by molar-refractivity contribution is 0.229. The van der Waals surface area contributed by atoms with Gasteiger partial charge in [0.2, 0.25) is 0 Å². The summed E-state index contributed by atoms with van der Waals surface area (Å²) in [5.74, 6) is -0.200. The van der Waals surface area contributed by atoms with E-state index in [1.807, 2.05) is 13.0 Å². The number of hydrogen-bond acceptors (Lipinski definition) is 2. The summed E-state index contributed by atoms with van der Waals surface area (Å²) < 4.78 is 14.1. The molecule has 100 valence electrons. The maximum Gasteiger partial charge on any atom is 0.139 e. The number of nitrogens with zero attached hydrogens (tertiary/aromatic N) is 1. The number of benzene rings is 1. The summed E-state index contributed by atoms with van der Waals surface area (Å²) >= 11 is 3.21. The molecule has 0 unspecified atom stereocenters. The van der Waals surface area contributed by atoms with Crippen molar-refractivity contribution < 1.29 is 4.39 Å². The summed E-state index contributed by atoms with van der Waals surface area (Å²) in [6.45, 7) is 7.59. The fourth-order valence-electron chi connectivity index (χ4n) is 2.42. The molecule has 0 radical (unpaired) electrons. The van der Waals surface area contributed by atoms with Crippen LogP contribution in [0.1, 0.15) is 25.3 Å². The Morgan fingerprint density at radius 3 is 2.67 bits per heavy atom. The van der Waals surface area contributed by atoms with Gasteiger partial charge in [0.25, 0.3) is 0 Å². The Balaban J connectivity index is 2.00. The molecular formula is C14H20BrFN2. The molecule has 2 nitrogen and oxygen atoms in total. The van der Waals surface area contributed by atoms with Crippen molar-refractivity contribution in [3.63, 3.8) is 0 Å². The third-order valence-corrected chi connectivity index (χ3v) is 4.27. The predicted molar refractivity (Wildman–Crippen MR) is 77.6 cm³/mol. The van der Waals surface area contributed by atoms with E-state index in [9.17, 15) is 4.39 Å². The number of likely N-dealkylation sites (tertiary alicyclic amines) is 1. The van der Waals surface area contributed by atoms with Crippen LogP contribution in [0.5, 0.6) is 0 Å². The third-order valence-electron chi connectivity index (χ3n) is 3.66. The first-order chi connectivity index (χ1) is 8.60. The van der Waals surface area contributed by atoms with Gasteiger partial charge >= 0.3 is 0 Å². The van der Waals surface area contributed by atoms with E-state index in [1.54, 1.807) is 6.07 Å². The number of nitrogens with one attached hydrogen (secondary N) is 1. The fraction of sp³-hybridized carbons (Fsp3) is 0.571. The predicted octanol–water partition coefficient (Wildman–Crippen LogP) is 3.79. The molecule has 2 rings (SSSR count). The second kappa shape index (κ2) is 6.02. The highest BCUT2D eigenvalue weighted by Crippen LogP contribution is 2.26. The smallest absolute Gasteiger partial charge is 0.139 e. The molecule has 0 aromatic heterocycles. The average molecular weight is 315 g/mol. The van der Waals surface area contributed by atoms with Crippen LogP contribution in [0.2, 0.25) is 0 Å². The molecule has 0 atom stereocenters. The first-order valence-electron chi connectivity index (χ1n) is 6.54. The van der Waals surface area contributed by atoms with E-state index in [4.69, 9.17) is 0 Å². The molecule has 1 aliphatic rings. The molecule has 1 aromatic rings. The van der Waals surface area contributed by atoms with Gasteiger partial charge < -0.3 is 10.2 Å². The Kier molecular flexibility index (Phi) is 4.62. The van der Waals surface area contributed by atoms with Gasteiger partial charge in [0, 0.05) is 24.8 Å². The van der Waals surface area contributed by atoms with E-state index in [-0.39, 0.29) is 5.82 Å². The van der Waals surface area contributed by atoms with Gasteiger partial charge in [-0.1, -0.05) is 6.92 Å². The van der Waals surface area contributed by atoms with Crippen LogP contribution >= 0.6 is 15.9 Å². The minimum atomic E-state index is -0.200. The van der Waals surface area contributed by atoms with Gasteiger partial charge in [-0.3, -0.25) is 0 Å². The largest absolute Gasteiger partial charge is 0.382 e. The van der Waals surface area contributed by atoms with Crippen LogP contribution in [0.25, 0.3) is 0 Å². The van der Waals surface area contributed by atoms with Crippen molar-refractivity contribution in [2.75, 3.05) is 25.0 Å². The Bertz CT molecular complexity index is 415. The molecule has 0 amide bonds. The molecule has 4 heteroatoms. The maximum atomic E-state index is 13.5. The first-order valence-corrected chi connectivity index (χ1v) is 7.34. The highest BCUT2D eigenvalue weighted by atomic mass is 79.9. The fourth-order valence-corrected chi connectivity index (χ4v) is 2.87. The molecule has 0 aliphatic carbocycles. The van der Waals surface area contributed by atoms with Gasteiger partial charge in [0.05, 0.1) is 4.47 Å². The molecule has 1 aromatic carbocycles. The van der Waals surface area contributed by atoms with Gasteiger partial charge in [-0.25, -0.2) is 4.39 Å². The van der Waals surface area contributed by atoms with Crippen LogP contribution in [0.15, 0.2) is 16.6 Å². The van der Waals surface area contributed by atoms with Crippen molar-refractivity contribution in [2.45, 2.75) is 32.7 Å². The van der Waals surface area contributed by atoms with Gasteiger partial charge in [0.15, 0.2) is 0 Å². The van der Waals surface area contributed by atoms with Crippen LogP contribution < -0.4 is 5.32 Å². The highest BCUT2D eigenvalue weighted by molar-refractivity contribution is 9.10. The number of halogens is 2. The average Bonchev–Trinajstić information content (AvgIpc) is 2.37. The third kappa shape index (κ3) is 3.23. The second-order valence-corrected chi connectivity index (χ2v) is 5.79. The Morgan fingerprint density at radius 1 is 1.39 bits per heavy atom. The molecule has 1 heterocycles. The Hall–Kier alpha value is -0.610. The lowest BCUT2D eigenvalue weighted by Gasteiger charge is -2.32. The lowest BCUT2D eigenvalue weighted by Crippen LogP contribution is -2.38. The molecule has 1 N–H and O–H groups in total. The highest BCUT2D eigenvalue weighted by Gasteiger charge is 2.18. The Labute approximate surface area is 117 Å². The topological polar surface area (TPSA) is 15.3 Å². The van der Waals surface area contributed by atoms with E-state index in [2.05, 4.69) is 33.1 Å². The number of piperidine rings is 1. The molecule has 1 saturated heterocycles. The zero-order chi connectivity index (χ0) is 13.1. The van der Waals surface area contributed by atoms with Crippen molar-refractivity contribution in [3.8, 4) is 0 Å². The Morgan fingerprint density at radius 2 is 2.06 bits per heavy atom. The van der Waals surface area contributed by atoms with Crippen molar-refractivity contribution in [2.24, 2.45) is 0 Å². The first kappa shape index (κ1) is 13.8. The summed E-state index contributed by atoms with van der Waals surface area (Å²) in [5.41, 5.74) is 2.01. The molecule has 1 aliphatic heterocycles. The number of hydrogen-bond donors (Lipinski definition) is 1. The summed E-state index contributed by atoms with van der Waals surface area (Å²) in [4.78, 5) is 2.45. The maximum absolute atomic E-state index is 13.5. The van der Waals surface area contributed by atoms with Crippen LogP contribution in [0.4, 0.5) is 10.1 Å². The molecule has 0 bridgehead atoms. The van der Waals surface area contributed by atoms with Crippen LogP contribution in [-0.2, 0) is 0 Å². The molecule has 18 heavy (non-hydrogen) atoms. The van der Waals surface area contributed by atoms with Crippen molar-refractivity contribution in [1.29, 1.82) is 0 Å². The molecular weight excluding hydrogens is 295 g/mol. The van der Waals surface area contributed by atoms with E-state index >= 15 is 0 Å². The normalized spacial score (nSPS) is 18.0. The van der Waals surface area contributed by atoms with Crippen molar-refractivity contribution in [1.82, 2.24) is 4.90 Å². The summed E-state index contributed by atoms with van der Waals surface area (Å²) in [5, 5.41) is 3.47. The van der Waals surface area contributed by atoms with Gasteiger partial charge in [-0.05, 0) is 59.9 Å². The second-order valence-electron chi connectivity index (χ2n) is 4.93. The van der Waals surface area contributed by atoms with Crippen LogP contribution in [-0.4, -0.2) is 30.6 Å².